The molecule has 0 fully saturated rings. The zero-order valence-corrected chi connectivity index (χ0v) is 19.9. The van der Waals surface area contributed by atoms with Crippen molar-refractivity contribution in [1.82, 2.24) is 10.6 Å². The van der Waals surface area contributed by atoms with Gasteiger partial charge in [-0.25, -0.2) is 0 Å². The molecular weight excluding hydrogens is 536 g/mol. The molecule has 32 heavy (non-hydrogen) atoms. The Hall–Kier alpha value is -2.34. The topological polar surface area (TPSA) is 74.8 Å². The third-order valence-corrected chi connectivity index (χ3v) is 4.83. The van der Waals surface area contributed by atoms with E-state index in [9.17, 15) is 18.0 Å². The van der Waals surface area contributed by atoms with Crippen molar-refractivity contribution >= 4 is 41.5 Å². The van der Waals surface area contributed by atoms with Crippen LogP contribution < -0.4 is 16.0 Å². The van der Waals surface area contributed by atoms with Crippen molar-refractivity contribution in [3.63, 3.8) is 0 Å². The molecule has 0 aliphatic carbocycles. The lowest BCUT2D eigenvalue weighted by Gasteiger charge is -2.26. The molecule has 3 N–H and O–H groups in total. The van der Waals surface area contributed by atoms with E-state index in [4.69, 9.17) is 4.74 Å². The molecule has 1 atom stereocenters. The van der Waals surface area contributed by atoms with Gasteiger partial charge in [-0.05, 0) is 22.8 Å². The van der Waals surface area contributed by atoms with Crippen molar-refractivity contribution < 1.29 is 22.7 Å². The summed E-state index contributed by atoms with van der Waals surface area (Å²) < 4.78 is 41.4. The van der Waals surface area contributed by atoms with Crippen LogP contribution in [0.1, 0.15) is 29.0 Å². The summed E-state index contributed by atoms with van der Waals surface area (Å²) in [4.78, 5) is 16.2. The minimum Gasteiger partial charge on any atom is -0.367 e. The average molecular weight is 562 g/mol. The molecule has 3 rings (SSSR count). The molecule has 6 nitrogen and oxygen atoms in total. The second kappa shape index (κ2) is 12.0. The van der Waals surface area contributed by atoms with Gasteiger partial charge in [-0.1, -0.05) is 42.5 Å². The van der Waals surface area contributed by atoms with Crippen LogP contribution in [0.5, 0.6) is 0 Å². The maximum absolute atomic E-state index is 12.2. The number of halogens is 4. The number of nitrogens with zero attached hydrogens (tertiary/aromatic N) is 1. The minimum atomic E-state index is -4.34. The predicted molar refractivity (Wildman–Crippen MR) is 128 cm³/mol. The first-order valence-corrected chi connectivity index (χ1v) is 9.89. The summed E-state index contributed by atoms with van der Waals surface area (Å²) in [5, 5.41) is 9.31. The van der Waals surface area contributed by atoms with E-state index in [-0.39, 0.29) is 42.4 Å². The van der Waals surface area contributed by atoms with Gasteiger partial charge >= 0.3 is 6.18 Å². The summed E-state index contributed by atoms with van der Waals surface area (Å²) in [6, 6.07) is 14.9. The van der Waals surface area contributed by atoms with Gasteiger partial charge in [0.2, 0.25) is 5.91 Å². The molecule has 2 aromatic rings. The number of fused-ring (bicyclic) bond motifs is 1. The van der Waals surface area contributed by atoms with Crippen molar-refractivity contribution in [2.24, 2.45) is 4.99 Å². The molecule has 0 saturated carbocycles. The fraction of sp³-hybridized carbons (Fsp3) is 0.364. The van der Waals surface area contributed by atoms with Crippen LogP contribution >= 0.6 is 24.0 Å². The number of hydrogen-bond donors (Lipinski definition) is 3. The largest absolute Gasteiger partial charge is 0.411 e. The summed E-state index contributed by atoms with van der Waals surface area (Å²) in [7, 11) is 1.65. The Morgan fingerprint density at radius 2 is 1.91 bits per heavy atom. The summed E-state index contributed by atoms with van der Waals surface area (Å²) in [5.41, 5.74) is 3.46. The fourth-order valence-corrected chi connectivity index (χ4v) is 3.42. The lowest BCUT2D eigenvalue weighted by atomic mass is 9.90. The highest BCUT2D eigenvalue weighted by molar-refractivity contribution is 14.0. The first-order chi connectivity index (χ1) is 14.8. The zero-order chi connectivity index (χ0) is 22.3. The Balaban J connectivity index is 0.00000363. The van der Waals surface area contributed by atoms with Crippen LogP contribution in [0, 0.1) is 0 Å². The maximum atomic E-state index is 12.2. The van der Waals surface area contributed by atoms with E-state index in [1.165, 1.54) is 0 Å². The normalized spacial score (nSPS) is 15.9. The number of benzene rings is 2. The highest BCUT2D eigenvalue weighted by atomic mass is 127. The number of rotatable bonds is 7. The third-order valence-electron chi connectivity index (χ3n) is 4.83. The van der Waals surface area contributed by atoms with Crippen LogP contribution in [0.4, 0.5) is 18.9 Å². The second-order valence-corrected chi connectivity index (χ2v) is 7.27. The summed E-state index contributed by atoms with van der Waals surface area (Å²) in [6.07, 6.45) is -3.95. The molecule has 1 unspecified atom stereocenters. The molecule has 1 heterocycles. The van der Waals surface area contributed by atoms with Gasteiger partial charge in [-0.3, -0.25) is 9.79 Å². The standard InChI is InChI=1S/C22H25F3N4O2.HI/c1-26-21(28-12-17-10-20(30)29-19-8-3-2-7-18(17)19)27-11-15-5-4-6-16(9-15)13-31-14-22(23,24)25;/h2-9,17H,10-14H2,1H3,(H,29,30)(H2,26,27,28);1H. The predicted octanol–water partition coefficient (Wildman–Crippen LogP) is 4.17. The zero-order valence-electron chi connectivity index (χ0n) is 17.5. The molecule has 0 aromatic heterocycles. The number of nitrogens with one attached hydrogen (secondary N) is 3. The minimum absolute atomic E-state index is 0. The first-order valence-electron chi connectivity index (χ1n) is 9.89. The molecular formula is C22H26F3IN4O2. The van der Waals surface area contributed by atoms with E-state index in [0.717, 1.165) is 16.8 Å². The quantitative estimate of drug-likeness (QED) is 0.269. The van der Waals surface area contributed by atoms with Crippen LogP contribution in [0.3, 0.4) is 0 Å². The molecule has 0 saturated heterocycles. The van der Waals surface area contributed by atoms with Gasteiger partial charge in [0.15, 0.2) is 5.96 Å². The molecule has 0 spiro atoms. The lowest BCUT2D eigenvalue weighted by molar-refractivity contribution is -0.176. The van der Waals surface area contributed by atoms with Gasteiger partial charge in [0, 0.05) is 38.2 Å². The molecule has 10 heteroatoms. The number of aliphatic imine (C=N–C) groups is 1. The third kappa shape index (κ3) is 7.97. The number of carbonyl (C=O) groups is 1. The van der Waals surface area contributed by atoms with Gasteiger partial charge in [-0.2, -0.15) is 13.2 Å². The highest BCUT2D eigenvalue weighted by Crippen LogP contribution is 2.31. The van der Waals surface area contributed by atoms with E-state index in [1.807, 2.05) is 30.3 Å². The van der Waals surface area contributed by atoms with Gasteiger partial charge in [0.25, 0.3) is 0 Å². The Bertz CT molecular complexity index is 937. The van der Waals surface area contributed by atoms with Crippen LogP contribution in [0.15, 0.2) is 53.5 Å². The number of ether oxygens (including phenoxy) is 1. The summed E-state index contributed by atoms with van der Waals surface area (Å²) in [6.45, 7) is -0.401. The Morgan fingerprint density at radius 1 is 1.16 bits per heavy atom. The first kappa shape index (κ1) is 25.9. The Labute approximate surface area is 202 Å². The van der Waals surface area contributed by atoms with Crippen molar-refractivity contribution in [2.75, 3.05) is 25.5 Å². The SMILES string of the molecule is CN=C(NCc1cccc(COCC(F)(F)F)c1)NCC1CC(=O)Nc2ccccc21.I. The number of anilines is 1. The van der Waals surface area contributed by atoms with Gasteiger partial charge in [0.1, 0.15) is 6.61 Å². The number of para-hydroxylation sites is 1. The van der Waals surface area contributed by atoms with E-state index >= 15 is 0 Å². The molecule has 2 aromatic carbocycles. The Morgan fingerprint density at radius 3 is 2.66 bits per heavy atom. The van der Waals surface area contributed by atoms with Crippen molar-refractivity contribution in [1.29, 1.82) is 0 Å². The van der Waals surface area contributed by atoms with E-state index < -0.39 is 12.8 Å². The molecule has 0 bridgehead atoms. The van der Waals surface area contributed by atoms with Gasteiger partial charge in [0.05, 0.1) is 6.61 Å². The smallest absolute Gasteiger partial charge is 0.367 e. The molecule has 1 amide bonds. The number of amides is 1. The van der Waals surface area contributed by atoms with Crippen LogP contribution in [0.2, 0.25) is 0 Å². The van der Waals surface area contributed by atoms with E-state index in [1.54, 1.807) is 25.2 Å². The van der Waals surface area contributed by atoms with E-state index in [2.05, 4.69) is 20.9 Å². The van der Waals surface area contributed by atoms with Crippen molar-refractivity contribution in [2.45, 2.75) is 31.7 Å². The number of hydrogen-bond acceptors (Lipinski definition) is 3. The van der Waals surface area contributed by atoms with Crippen LogP contribution in [-0.2, 0) is 22.7 Å². The summed E-state index contributed by atoms with van der Waals surface area (Å²) >= 11 is 0. The maximum Gasteiger partial charge on any atom is 0.411 e. The monoisotopic (exact) mass is 562 g/mol. The Kier molecular flexibility index (Phi) is 9.76. The van der Waals surface area contributed by atoms with Crippen molar-refractivity contribution in [3.8, 4) is 0 Å². The number of alkyl halides is 3. The van der Waals surface area contributed by atoms with Gasteiger partial charge < -0.3 is 20.7 Å². The summed E-state index contributed by atoms with van der Waals surface area (Å²) in [5.74, 6) is 0.581. The average Bonchev–Trinajstić information content (AvgIpc) is 2.73. The van der Waals surface area contributed by atoms with Gasteiger partial charge in [-0.15, -0.1) is 24.0 Å². The second-order valence-electron chi connectivity index (χ2n) is 7.27. The lowest BCUT2D eigenvalue weighted by Crippen LogP contribution is -2.40. The van der Waals surface area contributed by atoms with Crippen LogP contribution in [-0.4, -0.2) is 38.2 Å². The molecule has 1 aliphatic heterocycles. The van der Waals surface area contributed by atoms with Crippen LogP contribution in [0.25, 0.3) is 0 Å². The highest BCUT2D eigenvalue weighted by Gasteiger charge is 2.27. The molecule has 174 valence electrons. The molecule has 0 radical (unpaired) electrons. The van der Waals surface area contributed by atoms with E-state index in [0.29, 0.717) is 31.0 Å². The number of guanidine groups is 1. The fourth-order valence-electron chi connectivity index (χ4n) is 3.42. The van der Waals surface area contributed by atoms with Crippen molar-refractivity contribution in [3.05, 3.63) is 65.2 Å². The molecule has 1 aliphatic rings. The number of carbonyl (C=O) groups excluding carboxylic acids is 1.